The lowest BCUT2D eigenvalue weighted by Crippen LogP contribution is -2.45. The number of nitrogen functional groups attached to an aromatic ring is 1. The topological polar surface area (TPSA) is 101 Å². The second kappa shape index (κ2) is 6.72. The molecule has 2 aliphatic rings. The van der Waals surface area contributed by atoms with Gasteiger partial charge in [-0.3, -0.25) is 14.6 Å². The molecule has 1 spiro atoms. The number of ether oxygens (including phenoxy) is 1. The molecular weight excluding hydrogens is 344 g/mol. The second-order valence-corrected chi connectivity index (χ2v) is 7.47. The van der Waals surface area contributed by atoms with Gasteiger partial charge in [0.05, 0.1) is 19.2 Å². The lowest BCUT2D eigenvalue weighted by molar-refractivity contribution is -0.132. The summed E-state index contributed by atoms with van der Waals surface area (Å²) in [5.41, 5.74) is 8.09. The first-order valence-corrected chi connectivity index (χ1v) is 9.31. The number of methoxy groups -OCH3 is 1. The number of amides is 1. The fraction of sp³-hybridized carbons (Fsp3) is 0.450. The Hall–Kier alpha value is -2.83. The number of piperidine rings is 1. The number of aromatic nitrogens is 2. The molecule has 4 rings (SSSR count). The first-order valence-electron chi connectivity index (χ1n) is 9.31. The van der Waals surface area contributed by atoms with Gasteiger partial charge < -0.3 is 15.4 Å². The summed E-state index contributed by atoms with van der Waals surface area (Å²) in [7, 11) is 1.62. The monoisotopic (exact) mass is 368 g/mol. The van der Waals surface area contributed by atoms with E-state index in [4.69, 9.17) is 10.5 Å². The quantitative estimate of drug-likeness (QED) is 0.853. The van der Waals surface area contributed by atoms with E-state index in [1.807, 2.05) is 29.2 Å². The number of fused-ring (bicyclic) bond motifs is 2. The third kappa shape index (κ3) is 3.18. The zero-order chi connectivity index (χ0) is 19.0. The summed E-state index contributed by atoms with van der Waals surface area (Å²) in [6, 6.07) is 7.61. The van der Waals surface area contributed by atoms with Crippen LogP contribution < -0.4 is 16.0 Å². The van der Waals surface area contributed by atoms with Gasteiger partial charge in [-0.15, -0.1) is 0 Å². The van der Waals surface area contributed by atoms with Crippen molar-refractivity contribution in [3.63, 3.8) is 0 Å². The molecule has 1 aliphatic heterocycles. The van der Waals surface area contributed by atoms with E-state index in [9.17, 15) is 9.59 Å². The van der Waals surface area contributed by atoms with Crippen LogP contribution in [-0.2, 0) is 23.1 Å². The van der Waals surface area contributed by atoms with Gasteiger partial charge in [0.25, 0.3) is 5.56 Å². The summed E-state index contributed by atoms with van der Waals surface area (Å²) in [5.74, 6) is 1.06. The smallest absolute Gasteiger partial charge is 0.255 e. The van der Waals surface area contributed by atoms with Gasteiger partial charge in [-0.05, 0) is 43.4 Å². The highest BCUT2D eigenvalue weighted by atomic mass is 16.5. The standard InChI is InChI=1S/C20H24N4O3/c1-27-14-4-2-3-13(11-14)12-16(25)24-9-7-20(8-10-24)6-5-15-17(20)22-19(21)23-18(15)26/h2-4,11H,5-10,12H2,1H3,(H3,21,22,23,26). The minimum atomic E-state index is -0.121. The van der Waals surface area contributed by atoms with Crippen LogP contribution in [0.1, 0.15) is 36.1 Å². The van der Waals surface area contributed by atoms with Crippen LogP contribution in [0.4, 0.5) is 5.95 Å². The summed E-state index contributed by atoms with van der Waals surface area (Å²) in [4.78, 5) is 33.8. The predicted molar refractivity (Wildman–Crippen MR) is 102 cm³/mol. The molecule has 0 radical (unpaired) electrons. The highest BCUT2D eigenvalue weighted by Crippen LogP contribution is 2.44. The van der Waals surface area contributed by atoms with Gasteiger partial charge in [0.2, 0.25) is 11.9 Å². The first kappa shape index (κ1) is 17.6. The van der Waals surface area contributed by atoms with Gasteiger partial charge in [0.1, 0.15) is 5.75 Å². The van der Waals surface area contributed by atoms with E-state index in [0.717, 1.165) is 48.3 Å². The molecular formula is C20H24N4O3. The Morgan fingerprint density at radius 1 is 1.33 bits per heavy atom. The summed E-state index contributed by atoms with van der Waals surface area (Å²) < 4.78 is 5.23. The molecule has 1 amide bonds. The summed E-state index contributed by atoms with van der Waals surface area (Å²) in [5, 5.41) is 0. The lowest BCUT2D eigenvalue weighted by atomic mass is 9.76. The summed E-state index contributed by atoms with van der Waals surface area (Å²) >= 11 is 0. The van der Waals surface area contributed by atoms with Gasteiger partial charge >= 0.3 is 0 Å². The number of rotatable bonds is 3. The van der Waals surface area contributed by atoms with Gasteiger partial charge in [-0.2, -0.15) is 0 Å². The van der Waals surface area contributed by atoms with Crippen molar-refractivity contribution in [2.75, 3.05) is 25.9 Å². The first-order chi connectivity index (χ1) is 13.0. The number of nitrogens with two attached hydrogens (primary N) is 1. The van der Waals surface area contributed by atoms with Crippen LogP contribution in [0.3, 0.4) is 0 Å². The van der Waals surface area contributed by atoms with Gasteiger partial charge in [-0.1, -0.05) is 12.1 Å². The van der Waals surface area contributed by atoms with Crippen molar-refractivity contribution < 1.29 is 9.53 Å². The Kier molecular flexibility index (Phi) is 4.37. The van der Waals surface area contributed by atoms with E-state index < -0.39 is 0 Å². The molecule has 0 atom stereocenters. The highest BCUT2D eigenvalue weighted by molar-refractivity contribution is 5.79. The molecule has 7 heteroatoms. The summed E-state index contributed by atoms with van der Waals surface area (Å²) in [6.45, 7) is 1.35. The zero-order valence-corrected chi connectivity index (χ0v) is 15.5. The number of nitrogens with zero attached hydrogens (tertiary/aromatic N) is 2. The van der Waals surface area contributed by atoms with Crippen LogP contribution >= 0.6 is 0 Å². The van der Waals surface area contributed by atoms with Crippen LogP contribution in [0.25, 0.3) is 0 Å². The highest BCUT2D eigenvalue weighted by Gasteiger charge is 2.44. The van der Waals surface area contributed by atoms with E-state index in [0.29, 0.717) is 19.5 Å². The number of nitrogens with one attached hydrogen (secondary N) is 1. The minimum Gasteiger partial charge on any atom is -0.497 e. The van der Waals surface area contributed by atoms with Crippen molar-refractivity contribution in [2.24, 2.45) is 0 Å². The van der Waals surface area contributed by atoms with E-state index in [1.54, 1.807) is 7.11 Å². The van der Waals surface area contributed by atoms with Gasteiger partial charge in [0.15, 0.2) is 0 Å². The molecule has 3 N–H and O–H groups in total. The van der Waals surface area contributed by atoms with Gasteiger partial charge in [0, 0.05) is 24.1 Å². The fourth-order valence-electron chi connectivity index (χ4n) is 4.41. The molecule has 142 valence electrons. The molecule has 0 bridgehead atoms. The maximum atomic E-state index is 12.7. The number of aromatic amines is 1. The molecule has 1 aliphatic carbocycles. The zero-order valence-electron chi connectivity index (χ0n) is 15.5. The van der Waals surface area contributed by atoms with Crippen molar-refractivity contribution in [1.82, 2.24) is 14.9 Å². The molecule has 2 aromatic rings. The number of anilines is 1. The number of hydrogen-bond donors (Lipinski definition) is 2. The molecule has 2 heterocycles. The number of likely N-dealkylation sites (tertiary alicyclic amines) is 1. The average molecular weight is 368 g/mol. The number of carbonyl (C=O) groups is 1. The van der Waals surface area contributed by atoms with Crippen LogP contribution in [0.15, 0.2) is 29.1 Å². The van der Waals surface area contributed by atoms with E-state index in [2.05, 4.69) is 9.97 Å². The Morgan fingerprint density at radius 3 is 2.85 bits per heavy atom. The fourth-order valence-corrected chi connectivity index (χ4v) is 4.41. The molecule has 0 saturated carbocycles. The molecule has 1 aromatic heterocycles. The van der Waals surface area contributed by atoms with Crippen molar-refractivity contribution in [3.05, 3.63) is 51.4 Å². The van der Waals surface area contributed by atoms with E-state index in [1.165, 1.54) is 0 Å². The third-order valence-corrected chi connectivity index (χ3v) is 5.95. The van der Waals surface area contributed by atoms with Crippen molar-refractivity contribution in [2.45, 2.75) is 37.5 Å². The lowest BCUT2D eigenvalue weighted by Gasteiger charge is -2.39. The number of hydrogen-bond acceptors (Lipinski definition) is 5. The normalized spacial score (nSPS) is 17.7. The van der Waals surface area contributed by atoms with Crippen molar-refractivity contribution >= 4 is 11.9 Å². The molecule has 1 aromatic carbocycles. The number of H-pyrrole nitrogens is 1. The molecule has 1 saturated heterocycles. The Bertz CT molecular complexity index is 929. The van der Waals surface area contributed by atoms with Crippen molar-refractivity contribution in [1.29, 1.82) is 0 Å². The third-order valence-electron chi connectivity index (χ3n) is 5.95. The average Bonchev–Trinajstić information content (AvgIpc) is 3.01. The largest absolute Gasteiger partial charge is 0.497 e. The minimum absolute atomic E-state index is 0.120. The van der Waals surface area contributed by atoms with E-state index >= 15 is 0 Å². The van der Waals surface area contributed by atoms with Crippen LogP contribution in [-0.4, -0.2) is 41.0 Å². The van der Waals surface area contributed by atoms with E-state index in [-0.39, 0.29) is 22.8 Å². The summed E-state index contributed by atoms with van der Waals surface area (Å²) in [6.07, 6.45) is 3.64. The van der Waals surface area contributed by atoms with Gasteiger partial charge in [-0.25, -0.2) is 4.98 Å². The van der Waals surface area contributed by atoms with Crippen LogP contribution in [0.2, 0.25) is 0 Å². The molecule has 7 nitrogen and oxygen atoms in total. The number of carbonyl (C=O) groups excluding carboxylic acids is 1. The Balaban J connectivity index is 1.46. The predicted octanol–water partition coefficient (Wildman–Crippen LogP) is 1.41. The Labute approximate surface area is 157 Å². The number of benzene rings is 1. The maximum Gasteiger partial charge on any atom is 0.255 e. The van der Waals surface area contributed by atoms with Crippen LogP contribution in [0, 0.1) is 0 Å². The van der Waals surface area contributed by atoms with Crippen LogP contribution in [0.5, 0.6) is 5.75 Å². The maximum absolute atomic E-state index is 12.7. The molecule has 1 fully saturated rings. The second-order valence-electron chi connectivity index (χ2n) is 7.47. The SMILES string of the molecule is COc1cccc(CC(=O)N2CCC3(CCc4c3nc(N)[nH]c4=O)CC2)c1. The molecule has 27 heavy (non-hydrogen) atoms. The Morgan fingerprint density at radius 2 is 2.11 bits per heavy atom. The van der Waals surface area contributed by atoms with Crippen molar-refractivity contribution in [3.8, 4) is 5.75 Å². The molecule has 0 unspecified atom stereocenters.